The summed E-state index contributed by atoms with van der Waals surface area (Å²) in [6, 6.07) is 5.45. The van der Waals surface area contributed by atoms with E-state index in [0.717, 1.165) is 11.1 Å². The molecule has 1 rings (SSSR count). The summed E-state index contributed by atoms with van der Waals surface area (Å²) in [5, 5.41) is 0. The minimum Gasteiger partial charge on any atom is -0.404 e. The number of benzene rings is 1. The molecule has 0 amide bonds. The van der Waals surface area contributed by atoms with Crippen LogP contribution in [0, 0.1) is 0 Å². The van der Waals surface area contributed by atoms with Crippen LogP contribution in [0.5, 0.6) is 5.75 Å². The lowest BCUT2D eigenvalue weighted by molar-refractivity contribution is 0.281. The minimum atomic E-state index is -4.54. The van der Waals surface area contributed by atoms with E-state index in [1.165, 1.54) is 0 Å². The Bertz CT molecular complexity index is 519. The van der Waals surface area contributed by atoms with E-state index in [2.05, 4.69) is 20.8 Å². The van der Waals surface area contributed by atoms with Gasteiger partial charge in [-0.1, -0.05) is 53.7 Å². The highest BCUT2D eigenvalue weighted by atomic mass is 79.9. The molecule has 0 spiro atoms. The fourth-order valence-corrected chi connectivity index (χ4v) is 2.21. The number of phosphoric ester groups is 1. The number of rotatable bonds is 2. The second-order valence-corrected chi connectivity index (χ2v) is 7.96. The zero-order valence-electron chi connectivity index (χ0n) is 13.6. The molecule has 0 aliphatic heterocycles. The van der Waals surface area contributed by atoms with E-state index < -0.39 is 7.82 Å². The third-order valence-electron chi connectivity index (χ3n) is 2.87. The predicted octanol–water partition coefficient (Wildman–Crippen LogP) is 5.17. The Morgan fingerprint density at radius 3 is 1.73 bits per heavy atom. The van der Waals surface area contributed by atoms with Gasteiger partial charge in [-0.25, -0.2) is 4.57 Å². The van der Waals surface area contributed by atoms with E-state index in [4.69, 9.17) is 14.3 Å². The standard InChI is InChI=1S/C14H23O4P.BrH.2ClH/c1-13(2,3)10-7-8-12(18-19(15,16)17)11(9-10)14(4,5)6;;;/h7-9H,1-6H3,(H2,15,16,17);3*1H. The minimum absolute atomic E-state index is 0. The first-order valence-corrected chi connectivity index (χ1v) is 7.74. The van der Waals surface area contributed by atoms with Crippen molar-refractivity contribution in [1.82, 2.24) is 0 Å². The van der Waals surface area contributed by atoms with Gasteiger partial charge in [-0.05, 0) is 22.5 Å². The maximum atomic E-state index is 11.0. The molecule has 1 aromatic rings. The quantitative estimate of drug-likeness (QED) is 0.623. The van der Waals surface area contributed by atoms with Crippen LogP contribution >= 0.6 is 49.6 Å². The van der Waals surface area contributed by atoms with Gasteiger partial charge in [-0.3, -0.25) is 9.79 Å². The largest absolute Gasteiger partial charge is 0.524 e. The van der Waals surface area contributed by atoms with Crippen molar-refractivity contribution in [2.24, 2.45) is 0 Å². The Labute approximate surface area is 155 Å². The van der Waals surface area contributed by atoms with Crippen LogP contribution in [0.3, 0.4) is 0 Å². The van der Waals surface area contributed by atoms with Crippen molar-refractivity contribution in [3.8, 4) is 5.75 Å². The molecule has 0 radical (unpaired) electrons. The highest BCUT2D eigenvalue weighted by molar-refractivity contribution is 8.93. The molecule has 0 aliphatic carbocycles. The van der Waals surface area contributed by atoms with E-state index in [-0.39, 0.29) is 58.4 Å². The third-order valence-corrected chi connectivity index (χ3v) is 3.31. The molecule has 2 N–H and O–H groups in total. The molecule has 8 heteroatoms. The summed E-state index contributed by atoms with van der Waals surface area (Å²) in [6.07, 6.45) is 0. The van der Waals surface area contributed by atoms with E-state index in [1.807, 2.05) is 32.9 Å². The van der Waals surface area contributed by atoms with E-state index in [0.29, 0.717) is 0 Å². The maximum absolute atomic E-state index is 11.0. The van der Waals surface area contributed by atoms with Crippen molar-refractivity contribution >= 4 is 49.6 Å². The van der Waals surface area contributed by atoms with Crippen molar-refractivity contribution in [1.29, 1.82) is 0 Å². The lowest BCUT2D eigenvalue weighted by Gasteiger charge is -2.27. The molecule has 0 heterocycles. The molecular weight excluding hydrogens is 414 g/mol. The summed E-state index contributed by atoms with van der Waals surface area (Å²) in [6.45, 7) is 12.2. The molecule has 4 nitrogen and oxygen atoms in total. The Kier molecular flexibility index (Phi) is 11.0. The molecule has 1 aromatic carbocycles. The molecule has 0 aliphatic rings. The van der Waals surface area contributed by atoms with E-state index in [9.17, 15) is 4.57 Å². The first-order valence-electron chi connectivity index (χ1n) is 6.21. The number of hydrogen-bond acceptors (Lipinski definition) is 2. The van der Waals surface area contributed by atoms with Crippen molar-refractivity contribution in [2.75, 3.05) is 0 Å². The van der Waals surface area contributed by atoms with Crippen LogP contribution in [-0.4, -0.2) is 9.79 Å². The number of hydrogen-bond donors (Lipinski definition) is 2. The van der Waals surface area contributed by atoms with Crippen LogP contribution in [0.4, 0.5) is 0 Å². The van der Waals surface area contributed by atoms with Gasteiger partial charge in [0, 0.05) is 5.56 Å². The zero-order chi connectivity index (χ0) is 15.1. The van der Waals surface area contributed by atoms with Gasteiger partial charge in [0.25, 0.3) is 0 Å². The van der Waals surface area contributed by atoms with Gasteiger partial charge in [0.1, 0.15) is 5.75 Å². The first-order chi connectivity index (χ1) is 8.31. The summed E-state index contributed by atoms with van der Waals surface area (Å²) in [5.74, 6) is 0.244. The summed E-state index contributed by atoms with van der Waals surface area (Å²) < 4.78 is 15.8. The highest BCUT2D eigenvalue weighted by Gasteiger charge is 2.26. The summed E-state index contributed by atoms with van der Waals surface area (Å²) in [7, 11) is -4.54. The number of halogens is 3. The van der Waals surface area contributed by atoms with Gasteiger partial charge in [0.15, 0.2) is 0 Å². The lowest BCUT2D eigenvalue weighted by Crippen LogP contribution is -2.17. The van der Waals surface area contributed by atoms with Crippen molar-refractivity contribution in [3.63, 3.8) is 0 Å². The molecule has 22 heavy (non-hydrogen) atoms. The second kappa shape index (κ2) is 8.91. The summed E-state index contributed by atoms with van der Waals surface area (Å²) in [4.78, 5) is 18.0. The monoisotopic (exact) mass is 438 g/mol. The lowest BCUT2D eigenvalue weighted by atomic mass is 9.80. The molecule has 132 valence electrons. The van der Waals surface area contributed by atoms with Gasteiger partial charge < -0.3 is 4.52 Å². The van der Waals surface area contributed by atoms with Gasteiger partial charge in [-0.15, -0.1) is 41.8 Å². The van der Waals surface area contributed by atoms with Crippen LogP contribution in [0.2, 0.25) is 0 Å². The maximum Gasteiger partial charge on any atom is 0.524 e. The molecule has 0 unspecified atom stereocenters. The van der Waals surface area contributed by atoms with Gasteiger partial charge in [0.2, 0.25) is 0 Å². The molecular formula is C14H26BrCl2O4P. The van der Waals surface area contributed by atoms with Crippen LogP contribution < -0.4 is 4.52 Å². The second-order valence-electron chi connectivity index (χ2n) is 6.79. The molecule has 0 fully saturated rings. The third kappa shape index (κ3) is 8.19. The highest BCUT2D eigenvalue weighted by Crippen LogP contribution is 2.43. The molecule has 0 aromatic heterocycles. The van der Waals surface area contributed by atoms with Crippen LogP contribution in [0.25, 0.3) is 0 Å². The molecule has 0 saturated carbocycles. The van der Waals surface area contributed by atoms with E-state index in [1.54, 1.807) is 6.07 Å². The van der Waals surface area contributed by atoms with Crippen molar-refractivity contribution in [2.45, 2.75) is 52.4 Å². The Hall–Kier alpha value is 0.230. The predicted molar refractivity (Wildman–Crippen MR) is 101 cm³/mol. The molecule has 0 saturated heterocycles. The van der Waals surface area contributed by atoms with E-state index >= 15 is 0 Å². The van der Waals surface area contributed by atoms with Gasteiger partial charge in [-0.2, -0.15) is 0 Å². The normalized spacial score (nSPS) is 11.6. The van der Waals surface area contributed by atoms with Gasteiger partial charge in [0.05, 0.1) is 0 Å². The molecule has 0 bridgehead atoms. The molecule has 0 atom stereocenters. The van der Waals surface area contributed by atoms with Crippen molar-refractivity contribution < 1.29 is 18.9 Å². The average Bonchev–Trinajstić information content (AvgIpc) is 2.11. The Morgan fingerprint density at radius 2 is 1.41 bits per heavy atom. The van der Waals surface area contributed by atoms with Crippen LogP contribution in [0.15, 0.2) is 18.2 Å². The van der Waals surface area contributed by atoms with Crippen LogP contribution in [0.1, 0.15) is 52.7 Å². The number of phosphoric acid groups is 1. The Morgan fingerprint density at radius 1 is 0.955 bits per heavy atom. The van der Waals surface area contributed by atoms with Gasteiger partial charge >= 0.3 is 7.82 Å². The zero-order valence-corrected chi connectivity index (χ0v) is 17.9. The summed E-state index contributed by atoms with van der Waals surface area (Å²) in [5.41, 5.74) is 1.62. The summed E-state index contributed by atoms with van der Waals surface area (Å²) >= 11 is 0. The Balaban J connectivity index is -0.00000120. The smallest absolute Gasteiger partial charge is 0.404 e. The topological polar surface area (TPSA) is 66.8 Å². The SMILES string of the molecule is Br.CC(C)(C)c1ccc(OP(=O)(O)O)c(C(C)(C)C)c1.Cl.Cl. The van der Waals surface area contributed by atoms with Crippen LogP contribution in [-0.2, 0) is 15.4 Å². The fraction of sp³-hybridized carbons (Fsp3) is 0.571. The van der Waals surface area contributed by atoms with Crippen molar-refractivity contribution in [3.05, 3.63) is 29.3 Å². The fourth-order valence-electron chi connectivity index (χ4n) is 1.79. The average molecular weight is 440 g/mol. The first kappa shape index (κ1) is 27.1.